The van der Waals surface area contributed by atoms with E-state index in [2.05, 4.69) is 83.6 Å². The zero-order chi connectivity index (χ0) is 24.5. The van der Waals surface area contributed by atoms with Gasteiger partial charge in [0.15, 0.2) is 11.3 Å². The fourth-order valence-corrected chi connectivity index (χ4v) is 4.73. The van der Waals surface area contributed by atoms with Crippen LogP contribution in [0.25, 0.3) is 22.1 Å². The zero-order valence-corrected chi connectivity index (χ0v) is 21.0. The summed E-state index contributed by atoms with van der Waals surface area (Å²) in [4.78, 5) is 0. The van der Waals surface area contributed by atoms with Gasteiger partial charge in [0.25, 0.3) is 0 Å². The molecule has 0 saturated carbocycles. The molecule has 2 aromatic heterocycles. The number of fused-ring (bicyclic) bond motifs is 2. The van der Waals surface area contributed by atoms with Crippen LogP contribution in [0.2, 0.25) is 0 Å². The molecule has 0 aliphatic rings. The third-order valence-electron chi connectivity index (χ3n) is 7.24. The molecule has 1 radical (unpaired) electrons. The molecule has 0 fully saturated rings. The average Bonchev–Trinajstić information content (AvgIpc) is 3.54. The minimum Gasteiger partial charge on any atom is -0.454 e. The van der Waals surface area contributed by atoms with E-state index in [1.807, 2.05) is 12.1 Å². The summed E-state index contributed by atoms with van der Waals surface area (Å²) < 4.78 is 6.84. The highest BCUT2D eigenvalue weighted by atomic mass is 16.5. The van der Waals surface area contributed by atoms with E-state index in [4.69, 9.17) is 4.74 Å². The van der Waals surface area contributed by atoms with Crippen molar-refractivity contribution in [1.82, 2.24) is 30.8 Å². The highest BCUT2D eigenvalue weighted by Gasteiger charge is 2.20. The first-order valence-electron chi connectivity index (χ1n) is 12.3. The van der Waals surface area contributed by atoms with E-state index in [1.54, 1.807) is 0 Å². The highest BCUT2D eigenvalue weighted by molar-refractivity contribution is 5.83. The Balaban J connectivity index is 1.55. The second kappa shape index (κ2) is 9.49. The van der Waals surface area contributed by atoms with Crippen LogP contribution < -0.4 is 4.74 Å². The van der Waals surface area contributed by atoms with Gasteiger partial charge < -0.3 is 4.74 Å². The fraction of sp³-hybridized carbons (Fsp3) is 0.357. The Morgan fingerprint density at radius 2 is 1.51 bits per heavy atom. The number of nitrogens with one attached hydrogen (secondary N) is 2. The quantitative estimate of drug-likeness (QED) is 0.284. The van der Waals surface area contributed by atoms with Crippen LogP contribution in [-0.2, 0) is 19.3 Å². The van der Waals surface area contributed by atoms with Crippen LogP contribution in [0.15, 0.2) is 24.3 Å². The molecule has 0 atom stereocenters. The number of aromatic amines is 2. The Labute approximate surface area is 205 Å². The van der Waals surface area contributed by atoms with Crippen molar-refractivity contribution in [3.05, 3.63) is 69.3 Å². The maximum absolute atomic E-state index is 6.84. The van der Waals surface area contributed by atoms with Crippen LogP contribution in [0.5, 0.6) is 11.5 Å². The van der Waals surface area contributed by atoms with E-state index in [9.17, 15) is 0 Å². The van der Waals surface area contributed by atoms with Gasteiger partial charge in [-0.25, -0.2) is 0 Å². The molecule has 7 heteroatoms. The largest absolute Gasteiger partial charge is 0.454 e. The third kappa shape index (κ3) is 4.27. The lowest BCUT2D eigenvalue weighted by molar-refractivity contribution is 0.467. The lowest BCUT2D eigenvalue weighted by Crippen LogP contribution is -2.05. The van der Waals surface area contributed by atoms with Gasteiger partial charge in [0.2, 0.25) is 0 Å². The molecule has 2 N–H and O–H groups in total. The van der Waals surface area contributed by atoms with Crippen molar-refractivity contribution < 1.29 is 4.74 Å². The lowest BCUT2D eigenvalue weighted by Gasteiger charge is -2.22. The second-order valence-electron chi connectivity index (χ2n) is 9.33. The number of hydrogen-bond donors (Lipinski definition) is 2. The Kier molecular flexibility index (Phi) is 6.24. The van der Waals surface area contributed by atoms with Crippen molar-refractivity contribution in [1.29, 1.82) is 0 Å². The normalized spacial score (nSPS) is 11.6. The van der Waals surface area contributed by atoms with E-state index >= 15 is 0 Å². The molecule has 0 spiro atoms. The first kappa shape index (κ1) is 23.0. The average molecular weight is 468 g/mol. The van der Waals surface area contributed by atoms with Crippen molar-refractivity contribution in [3.8, 4) is 11.5 Å². The number of aryl methyl sites for hydroxylation is 2. The minimum absolute atomic E-state index is 0.757. The van der Waals surface area contributed by atoms with Gasteiger partial charge in [-0.05, 0) is 104 Å². The summed E-state index contributed by atoms with van der Waals surface area (Å²) in [5, 5.41) is 22.3. The van der Waals surface area contributed by atoms with Crippen molar-refractivity contribution in [2.75, 3.05) is 0 Å². The summed E-state index contributed by atoms with van der Waals surface area (Å²) in [6.07, 6.45) is 4.85. The van der Waals surface area contributed by atoms with Gasteiger partial charge >= 0.3 is 0 Å². The number of nitrogens with zero attached hydrogens (tertiary/aromatic N) is 4. The molecule has 35 heavy (non-hydrogen) atoms. The summed E-state index contributed by atoms with van der Waals surface area (Å²) >= 11 is 0. The Morgan fingerprint density at radius 1 is 0.771 bits per heavy atom. The number of unbranched alkanes of at least 4 members (excludes halogenated alkanes) is 1. The molecule has 0 aliphatic heterocycles. The van der Waals surface area contributed by atoms with Crippen molar-refractivity contribution in [2.24, 2.45) is 0 Å². The van der Waals surface area contributed by atoms with Gasteiger partial charge in [-0.15, -0.1) is 10.2 Å². The predicted molar refractivity (Wildman–Crippen MR) is 138 cm³/mol. The summed E-state index contributed by atoms with van der Waals surface area (Å²) in [5.74, 6) is 1.74. The van der Waals surface area contributed by atoms with E-state index in [-0.39, 0.29) is 0 Å². The predicted octanol–water partition coefficient (Wildman–Crippen LogP) is 6.18. The maximum atomic E-state index is 6.84. The van der Waals surface area contributed by atoms with E-state index in [1.165, 1.54) is 27.8 Å². The first-order chi connectivity index (χ1) is 17.0. The van der Waals surface area contributed by atoms with Crippen molar-refractivity contribution in [2.45, 2.75) is 66.7 Å². The SMILES string of the molecule is CCCCc1c(C)c(C)c(C)c(C)c1Oc1c(CCc2[c]c3nn[nH]c3cc2)ccc2[nH]nnc12. The van der Waals surface area contributed by atoms with Gasteiger partial charge in [-0.3, -0.25) is 10.2 Å². The molecular formula is C28H31N6O. The van der Waals surface area contributed by atoms with Crippen LogP contribution in [0.3, 0.4) is 0 Å². The number of rotatable bonds is 8. The lowest BCUT2D eigenvalue weighted by atomic mass is 9.90. The Morgan fingerprint density at radius 3 is 2.34 bits per heavy atom. The van der Waals surface area contributed by atoms with Crippen molar-refractivity contribution in [3.63, 3.8) is 0 Å². The van der Waals surface area contributed by atoms with Gasteiger partial charge in [0.05, 0.1) is 11.0 Å². The number of H-pyrrole nitrogens is 2. The number of hydrogen-bond acceptors (Lipinski definition) is 5. The third-order valence-corrected chi connectivity index (χ3v) is 7.24. The molecule has 7 nitrogen and oxygen atoms in total. The number of benzene rings is 3. The molecule has 0 aliphatic carbocycles. The van der Waals surface area contributed by atoms with Crippen LogP contribution >= 0.6 is 0 Å². The van der Waals surface area contributed by atoms with Crippen LogP contribution in [-0.4, -0.2) is 30.8 Å². The fourth-order valence-electron chi connectivity index (χ4n) is 4.73. The number of aromatic nitrogens is 6. The molecule has 179 valence electrons. The van der Waals surface area contributed by atoms with Crippen LogP contribution in [0.1, 0.15) is 58.7 Å². The maximum Gasteiger partial charge on any atom is 0.160 e. The molecular weight excluding hydrogens is 436 g/mol. The molecule has 0 unspecified atom stereocenters. The second-order valence-corrected chi connectivity index (χ2v) is 9.33. The zero-order valence-electron chi connectivity index (χ0n) is 21.0. The molecule has 2 heterocycles. The molecule has 5 rings (SSSR count). The van der Waals surface area contributed by atoms with Gasteiger partial charge in [0, 0.05) is 6.07 Å². The molecule has 5 aromatic rings. The van der Waals surface area contributed by atoms with E-state index < -0.39 is 0 Å². The van der Waals surface area contributed by atoms with Gasteiger partial charge in [-0.2, -0.15) is 0 Å². The van der Waals surface area contributed by atoms with Crippen LogP contribution in [0.4, 0.5) is 0 Å². The highest BCUT2D eigenvalue weighted by Crippen LogP contribution is 2.40. The summed E-state index contributed by atoms with van der Waals surface area (Å²) in [6.45, 7) is 11.0. The Hall–Kier alpha value is -3.74. The monoisotopic (exact) mass is 467 g/mol. The van der Waals surface area contributed by atoms with E-state index in [0.717, 1.165) is 76.8 Å². The number of ether oxygens (including phenoxy) is 1. The minimum atomic E-state index is 0.757. The molecule has 3 aromatic carbocycles. The Bertz CT molecular complexity index is 1510. The standard InChI is InChI=1S/C28H31N6O/c1-6-7-8-22-18(4)16(2)17(3)19(5)27(22)35-28-21(12-14-24-26(28)32-34-30-24)11-9-20-10-13-23-25(15-20)31-33-29-23/h10,12-14H,6-9,11H2,1-5H3,(H,29,31,33)(H,30,32,34). The van der Waals surface area contributed by atoms with Gasteiger partial charge in [0.1, 0.15) is 11.3 Å². The topological polar surface area (TPSA) is 92.4 Å². The summed E-state index contributed by atoms with van der Waals surface area (Å²) in [6, 6.07) is 11.6. The van der Waals surface area contributed by atoms with Crippen LogP contribution in [0, 0.1) is 33.8 Å². The smallest absolute Gasteiger partial charge is 0.160 e. The summed E-state index contributed by atoms with van der Waals surface area (Å²) in [5.41, 5.74) is 11.9. The molecule has 0 saturated heterocycles. The van der Waals surface area contributed by atoms with Gasteiger partial charge in [-0.1, -0.05) is 35.9 Å². The first-order valence-corrected chi connectivity index (χ1v) is 12.3. The molecule has 0 bridgehead atoms. The van der Waals surface area contributed by atoms with Crippen molar-refractivity contribution >= 4 is 22.1 Å². The molecule has 0 amide bonds. The summed E-state index contributed by atoms with van der Waals surface area (Å²) in [7, 11) is 0. The van der Waals surface area contributed by atoms with E-state index in [0.29, 0.717) is 0 Å².